The third-order valence-corrected chi connectivity index (χ3v) is 10.9. The summed E-state index contributed by atoms with van der Waals surface area (Å²) in [7, 11) is 0. The predicted octanol–water partition coefficient (Wildman–Crippen LogP) is 5.48. The molecule has 1 saturated carbocycles. The molecule has 1 amide bonds. The molecule has 2 aliphatic carbocycles. The summed E-state index contributed by atoms with van der Waals surface area (Å²) in [6, 6.07) is 14.8. The van der Waals surface area contributed by atoms with Crippen LogP contribution in [-0.2, 0) is 17.8 Å². The van der Waals surface area contributed by atoms with E-state index >= 15 is 0 Å². The van der Waals surface area contributed by atoms with Crippen molar-refractivity contribution in [2.24, 2.45) is 11.7 Å². The fraction of sp³-hybridized carbons (Fsp3) is 0.605. The molecule has 49 heavy (non-hydrogen) atoms. The van der Waals surface area contributed by atoms with Crippen LogP contribution in [0.1, 0.15) is 92.4 Å². The summed E-state index contributed by atoms with van der Waals surface area (Å²) in [5, 5.41) is 3.28. The summed E-state index contributed by atoms with van der Waals surface area (Å²) in [6.07, 6.45) is 11.9. The molecule has 266 valence electrons. The number of carbonyl (C=O) groups is 1. The number of pyridine rings is 1. The van der Waals surface area contributed by atoms with Gasteiger partial charge >= 0.3 is 0 Å². The molecule has 11 heteroatoms. The number of rotatable bonds is 15. The molecule has 3 aliphatic rings. The van der Waals surface area contributed by atoms with Gasteiger partial charge in [0, 0.05) is 82.2 Å². The van der Waals surface area contributed by atoms with Crippen molar-refractivity contribution in [3.8, 4) is 0 Å². The Morgan fingerprint density at radius 3 is 2.71 bits per heavy atom. The van der Waals surface area contributed by atoms with Crippen LogP contribution in [0.3, 0.4) is 0 Å². The van der Waals surface area contributed by atoms with Crippen LogP contribution in [0.2, 0.25) is 0 Å². The van der Waals surface area contributed by atoms with Crippen LogP contribution in [0.15, 0.2) is 61.2 Å². The zero-order chi connectivity index (χ0) is 34.1. The molecule has 4 N–H and O–H groups in total. The second-order valence-corrected chi connectivity index (χ2v) is 14.3. The average Bonchev–Trinajstić information content (AvgIpc) is 3.64. The highest BCUT2D eigenvalue weighted by Gasteiger charge is 2.38. The van der Waals surface area contributed by atoms with E-state index < -0.39 is 5.92 Å². The maximum absolute atomic E-state index is 13.8. The van der Waals surface area contributed by atoms with E-state index in [1.807, 2.05) is 30.6 Å². The number of benzene rings is 1. The molecule has 6 rings (SSSR count). The molecule has 3 heterocycles. The molecule has 2 fully saturated rings. The topological polar surface area (TPSA) is 106 Å². The first kappa shape index (κ1) is 35.6. The number of unbranched alkanes of at least 4 members (excludes halogenated alkanes) is 1. The highest BCUT2D eigenvalue weighted by Crippen LogP contribution is 2.37. The van der Waals surface area contributed by atoms with E-state index in [-0.39, 0.29) is 49.6 Å². The molecule has 0 radical (unpaired) electrons. The van der Waals surface area contributed by atoms with Gasteiger partial charge in [0.2, 0.25) is 11.8 Å². The minimum absolute atomic E-state index is 0.0962. The molecular weight excluding hydrogens is 622 g/mol. The number of aromatic nitrogens is 3. The van der Waals surface area contributed by atoms with Gasteiger partial charge in [0.1, 0.15) is 0 Å². The van der Waals surface area contributed by atoms with Crippen molar-refractivity contribution in [2.45, 2.75) is 94.8 Å². The van der Waals surface area contributed by atoms with Crippen LogP contribution in [0.4, 0.5) is 8.78 Å². The summed E-state index contributed by atoms with van der Waals surface area (Å²) in [5.41, 5.74) is 10.7. The largest absolute Gasteiger partial charge is 0.349 e. The fourth-order valence-corrected chi connectivity index (χ4v) is 8.09. The number of aryl methyl sites for hydroxylation is 1. The third-order valence-electron chi connectivity index (χ3n) is 10.9. The summed E-state index contributed by atoms with van der Waals surface area (Å²) in [5.74, 6) is -3.10. The number of nitrogens with one attached hydrogen (secondary N) is 2. The maximum atomic E-state index is 13.8. The van der Waals surface area contributed by atoms with E-state index in [0.717, 1.165) is 89.2 Å². The first-order chi connectivity index (χ1) is 23.9. The van der Waals surface area contributed by atoms with Crippen LogP contribution in [0.5, 0.6) is 0 Å². The zero-order valence-electron chi connectivity index (χ0n) is 28.8. The molecule has 3 aromatic rings. The van der Waals surface area contributed by atoms with E-state index in [1.54, 1.807) is 6.33 Å². The molecule has 1 aromatic carbocycles. The number of fused-ring (bicyclic) bond motifs is 1. The van der Waals surface area contributed by atoms with E-state index in [2.05, 4.69) is 54.2 Å². The Morgan fingerprint density at radius 2 is 1.94 bits per heavy atom. The second kappa shape index (κ2) is 17.1. The van der Waals surface area contributed by atoms with Gasteiger partial charge in [-0.25, -0.2) is 13.8 Å². The third kappa shape index (κ3) is 9.72. The normalized spacial score (nSPS) is 22.5. The lowest BCUT2D eigenvalue weighted by molar-refractivity contribution is -0.130. The minimum atomic E-state index is -2.65. The number of H-pyrrole nitrogens is 1. The number of amides is 1. The number of carbonyl (C=O) groups excluding carboxylic acids is 1. The highest BCUT2D eigenvalue weighted by atomic mass is 19.3. The highest BCUT2D eigenvalue weighted by molar-refractivity contribution is 5.79. The lowest BCUT2D eigenvalue weighted by atomic mass is 9.86. The standard InChI is InChI=1S/C38H54F2N8O/c39-38(40)16-13-31(14-17-38)37(49)45-34(29-8-2-1-3-9-29)15-21-46-22-23-47(25-32-24-42-28-44-32)33(26-46)27-48(20-5-4-18-41)35-12-6-10-30-11-7-19-43-36(30)35/h1-3,7-9,11,19,24,28,31,33-35H,4-6,10,12-18,20-23,25-27,41H2,(H,42,44)(H,45,49)/t33?,34-,35?/m0/s1. The number of nitrogens with zero attached hydrogens (tertiary/aromatic N) is 5. The van der Waals surface area contributed by atoms with Crippen molar-refractivity contribution in [1.29, 1.82) is 0 Å². The van der Waals surface area contributed by atoms with E-state index in [4.69, 9.17) is 10.7 Å². The lowest BCUT2D eigenvalue weighted by Gasteiger charge is -2.45. The van der Waals surface area contributed by atoms with Gasteiger partial charge in [0.25, 0.3) is 0 Å². The van der Waals surface area contributed by atoms with Gasteiger partial charge in [-0.1, -0.05) is 36.4 Å². The van der Waals surface area contributed by atoms with Gasteiger partial charge in [0.05, 0.1) is 24.1 Å². The molecule has 0 spiro atoms. The second-order valence-electron chi connectivity index (χ2n) is 14.3. The van der Waals surface area contributed by atoms with Crippen LogP contribution < -0.4 is 11.1 Å². The number of halogens is 2. The Bertz CT molecular complexity index is 1430. The Hall–Kier alpha value is -3.25. The monoisotopic (exact) mass is 676 g/mol. The van der Waals surface area contributed by atoms with Gasteiger partial charge in [-0.3, -0.25) is 19.6 Å². The van der Waals surface area contributed by atoms with Gasteiger partial charge in [0.15, 0.2) is 0 Å². The van der Waals surface area contributed by atoms with Crippen molar-refractivity contribution in [1.82, 2.24) is 35.0 Å². The molecule has 1 aliphatic heterocycles. The minimum Gasteiger partial charge on any atom is -0.349 e. The first-order valence-corrected chi connectivity index (χ1v) is 18.4. The Kier molecular flexibility index (Phi) is 12.4. The van der Waals surface area contributed by atoms with Gasteiger partial charge in [-0.05, 0) is 81.6 Å². The molecule has 3 atom stereocenters. The number of alkyl halides is 2. The Morgan fingerprint density at radius 1 is 1.10 bits per heavy atom. The van der Waals surface area contributed by atoms with Crippen LogP contribution in [-0.4, -0.2) is 93.3 Å². The van der Waals surface area contributed by atoms with Crippen LogP contribution in [0, 0.1) is 5.92 Å². The Labute approximate surface area is 290 Å². The molecule has 2 unspecified atom stereocenters. The van der Waals surface area contributed by atoms with E-state index in [9.17, 15) is 13.6 Å². The summed E-state index contributed by atoms with van der Waals surface area (Å²) >= 11 is 0. The summed E-state index contributed by atoms with van der Waals surface area (Å²) < 4.78 is 27.7. The van der Waals surface area contributed by atoms with Gasteiger partial charge in [-0.2, -0.15) is 0 Å². The molecule has 2 aromatic heterocycles. The summed E-state index contributed by atoms with van der Waals surface area (Å²) in [4.78, 5) is 33.7. The SMILES string of the molecule is NCCCCN(CC1CN(CC[C@H](NC(=O)C2CCC(F)(F)CC2)c2ccccc2)CCN1Cc1cnc[nH]1)C1CCCc2cccnc21. The van der Waals surface area contributed by atoms with Crippen molar-refractivity contribution in [2.75, 3.05) is 45.8 Å². The number of imidazole rings is 1. The number of piperazine rings is 1. The van der Waals surface area contributed by atoms with Gasteiger partial charge < -0.3 is 20.9 Å². The van der Waals surface area contributed by atoms with E-state index in [0.29, 0.717) is 12.6 Å². The lowest BCUT2D eigenvalue weighted by Crippen LogP contribution is -2.57. The molecular formula is C38H54F2N8O. The average molecular weight is 677 g/mol. The molecule has 9 nitrogen and oxygen atoms in total. The van der Waals surface area contributed by atoms with Crippen molar-refractivity contribution >= 4 is 5.91 Å². The van der Waals surface area contributed by atoms with Crippen LogP contribution >= 0.6 is 0 Å². The fourth-order valence-electron chi connectivity index (χ4n) is 8.09. The van der Waals surface area contributed by atoms with Crippen molar-refractivity contribution < 1.29 is 13.6 Å². The Balaban J connectivity index is 1.16. The van der Waals surface area contributed by atoms with Crippen LogP contribution in [0.25, 0.3) is 0 Å². The smallest absolute Gasteiger partial charge is 0.248 e. The van der Waals surface area contributed by atoms with E-state index in [1.165, 1.54) is 17.7 Å². The van der Waals surface area contributed by atoms with Crippen molar-refractivity contribution in [3.05, 3.63) is 83.7 Å². The number of hydrogen-bond acceptors (Lipinski definition) is 7. The number of nitrogens with two attached hydrogens (primary N) is 1. The predicted molar refractivity (Wildman–Crippen MR) is 188 cm³/mol. The summed E-state index contributed by atoms with van der Waals surface area (Å²) in [6.45, 7) is 7.04. The van der Waals surface area contributed by atoms with Gasteiger partial charge in [-0.15, -0.1) is 0 Å². The first-order valence-electron chi connectivity index (χ1n) is 18.4. The van der Waals surface area contributed by atoms with Crippen molar-refractivity contribution in [3.63, 3.8) is 0 Å². The maximum Gasteiger partial charge on any atom is 0.248 e. The number of aromatic amines is 1. The molecule has 0 bridgehead atoms. The molecule has 1 saturated heterocycles. The zero-order valence-corrected chi connectivity index (χ0v) is 28.8. The quantitative estimate of drug-likeness (QED) is 0.183. The number of hydrogen-bond donors (Lipinski definition) is 3.